The number of carbonyl (C=O) groups excluding carboxylic acids is 1. The van der Waals surface area contributed by atoms with Crippen LogP contribution in [0.1, 0.15) is 24.9 Å². The number of esters is 1. The zero-order valence-electron chi connectivity index (χ0n) is 10.1. The van der Waals surface area contributed by atoms with Gasteiger partial charge in [-0.3, -0.25) is 9.69 Å². The Morgan fingerprint density at radius 1 is 1.38 bits per heavy atom. The molecule has 1 rings (SSSR count). The molecule has 3 heteroatoms. The molecule has 0 saturated carbocycles. The van der Waals surface area contributed by atoms with Gasteiger partial charge in [0.2, 0.25) is 0 Å². The van der Waals surface area contributed by atoms with Crippen molar-refractivity contribution in [3.63, 3.8) is 0 Å². The van der Waals surface area contributed by atoms with Crippen LogP contribution >= 0.6 is 0 Å². The van der Waals surface area contributed by atoms with Gasteiger partial charge >= 0.3 is 5.97 Å². The predicted octanol–water partition coefficient (Wildman–Crippen LogP) is 2.24. The molecular weight excluding hydrogens is 202 g/mol. The van der Waals surface area contributed by atoms with E-state index in [-0.39, 0.29) is 5.97 Å². The van der Waals surface area contributed by atoms with Crippen LogP contribution in [0.5, 0.6) is 0 Å². The van der Waals surface area contributed by atoms with E-state index in [0.29, 0.717) is 19.0 Å². The highest BCUT2D eigenvalue weighted by Gasteiger charge is 2.12. The summed E-state index contributed by atoms with van der Waals surface area (Å²) in [6, 6.07) is 10.6. The fourth-order valence-corrected chi connectivity index (χ4v) is 1.55. The van der Waals surface area contributed by atoms with Crippen LogP contribution in [0.2, 0.25) is 0 Å². The SMILES string of the molecule is COC(=O)CCN(C)C(C)c1ccccc1. The summed E-state index contributed by atoms with van der Waals surface area (Å²) in [5, 5.41) is 0. The minimum atomic E-state index is -0.160. The van der Waals surface area contributed by atoms with Crippen molar-refractivity contribution in [1.82, 2.24) is 4.90 Å². The Kier molecular flexibility index (Phi) is 4.99. The third-order valence-electron chi connectivity index (χ3n) is 2.84. The molecular formula is C13H19NO2. The summed E-state index contributed by atoms with van der Waals surface area (Å²) in [5.41, 5.74) is 1.26. The van der Waals surface area contributed by atoms with Crippen LogP contribution in [-0.4, -0.2) is 31.6 Å². The Morgan fingerprint density at radius 3 is 2.56 bits per heavy atom. The summed E-state index contributed by atoms with van der Waals surface area (Å²) in [6.07, 6.45) is 0.435. The highest BCUT2D eigenvalue weighted by atomic mass is 16.5. The van der Waals surface area contributed by atoms with Crippen molar-refractivity contribution in [1.29, 1.82) is 0 Å². The summed E-state index contributed by atoms with van der Waals surface area (Å²) in [6.45, 7) is 2.84. The highest BCUT2D eigenvalue weighted by molar-refractivity contribution is 5.69. The van der Waals surface area contributed by atoms with E-state index in [1.165, 1.54) is 12.7 Å². The molecule has 0 heterocycles. The van der Waals surface area contributed by atoms with Crippen LogP contribution in [0.3, 0.4) is 0 Å². The molecule has 3 nitrogen and oxygen atoms in total. The molecule has 1 aromatic rings. The fourth-order valence-electron chi connectivity index (χ4n) is 1.55. The van der Waals surface area contributed by atoms with E-state index in [1.54, 1.807) is 0 Å². The molecule has 0 saturated heterocycles. The van der Waals surface area contributed by atoms with E-state index in [1.807, 2.05) is 25.2 Å². The fraction of sp³-hybridized carbons (Fsp3) is 0.462. The van der Waals surface area contributed by atoms with Crippen LogP contribution in [0.4, 0.5) is 0 Å². The smallest absolute Gasteiger partial charge is 0.306 e. The van der Waals surface area contributed by atoms with E-state index in [2.05, 4.69) is 28.7 Å². The van der Waals surface area contributed by atoms with E-state index in [0.717, 1.165) is 0 Å². The van der Waals surface area contributed by atoms with E-state index in [4.69, 9.17) is 0 Å². The average molecular weight is 221 g/mol. The molecule has 0 aromatic heterocycles. The highest BCUT2D eigenvalue weighted by Crippen LogP contribution is 2.17. The van der Waals surface area contributed by atoms with Gasteiger partial charge in [0, 0.05) is 12.6 Å². The summed E-state index contributed by atoms with van der Waals surface area (Å²) in [5.74, 6) is -0.160. The number of ether oxygens (including phenoxy) is 1. The van der Waals surface area contributed by atoms with Gasteiger partial charge in [-0.2, -0.15) is 0 Å². The molecule has 0 spiro atoms. The first kappa shape index (κ1) is 12.7. The molecule has 1 unspecified atom stereocenters. The molecule has 88 valence electrons. The maximum atomic E-state index is 11.0. The Labute approximate surface area is 97.0 Å². The largest absolute Gasteiger partial charge is 0.469 e. The van der Waals surface area contributed by atoms with Gasteiger partial charge in [0.1, 0.15) is 0 Å². The number of benzene rings is 1. The van der Waals surface area contributed by atoms with Gasteiger partial charge in [0.15, 0.2) is 0 Å². The summed E-state index contributed by atoms with van der Waals surface area (Å²) < 4.78 is 4.62. The minimum absolute atomic E-state index is 0.160. The lowest BCUT2D eigenvalue weighted by molar-refractivity contribution is -0.141. The summed E-state index contributed by atoms with van der Waals surface area (Å²) >= 11 is 0. The first-order chi connectivity index (χ1) is 7.65. The number of rotatable bonds is 5. The summed E-state index contributed by atoms with van der Waals surface area (Å²) in [7, 11) is 3.43. The second kappa shape index (κ2) is 6.28. The van der Waals surface area contributed by atoms with Gasteiger partial charge in [0.25, 0.3) is 0 Å². The lowest BCUT2D eigenvalue weighted by Gasteiger charge is -2.24. The van der Waals surface area contributed by atoms with Gasteiger partial charge in [-0.05, 0) is 19.5 Å². The van der Waals surface area contributed by atoms with Crippen molar-refractivity contribution < 1.29 is 9.53 Å². The average Bonchev–Trinajstić information content (AvgIpc) is 2.35. The Bertz CT molecular complexity index is 324. The van der Waals surface area contributed by atoms with E-state index < -0.39 is 0 Å². The second-order valence-corrected chi connectivity index (χ2v) is 3.89. The zero-order valence-corrected chi connectivity index (χ0v) is 10.1. The molecule has 0 bridgehead atoms. The maximum absolute atomic E-state index is 11.0. The maximum Gasteiger partial charge on any atom is 0.306 e. The molecule has 0 aliphatic heterocycles. The van der Waals surface area contributed by atoms with Gasteiger partial charge in [-0.25, -0.2) is 0 Å². The topological polar surface area (TPSA) is 29.5 Å². The van der Waals surface area contributed by atoms with E-state index in [9.17, 15) is 4.79 Å². The van der Waals surface area contributed by atoms with Gasteiger partial charge < -0.3 is 4.74 Å². The van der Waals surface area contributed by atoms with E-state index >= 15 is 0 Å². The Hall–Kier alpha value is -1.35. The number of carbonyl (C=O) groups is 1. The molecule has 16 heavy (non-hydrogen) atoms. The third-order valence-corrected chi connectivity index (χ3v) is 2.84. The normalized spacial score (nSPS) is 12.5. The molecule has 1 atom stereocenters. The zero-order chi connectivity index (χ0) is 12.0. The van der Waals surface area contributed by atoms with Crippen molar-refractivity contribution in [2.75, 3.05) is 20.7 Å². The monoisotopic (exact) mass is 221 g/mol. The van der Waals surface area contributed by atoms with Crippen LogP contribution in [0.25, 0.3) is 0 Å². The van der Waals surface area contributed by atoms with Crippen molar-refractivity contribution in [2.45, 2.75) is 19.4 Å². The van der Waals surface area contributed by atoms with Gasteiger partial charge in [-0.1, -0.05) is 30.3 Å². The lowest BCUT2D eigenvalue weighted by atomic mass is 10.1. The minimum Gasteiger partial charge on any atom is -0.469 e. The third kappa shape index (κ3) is 3.66. The van der Waals surface area contributed by atoms with Crippen molar-refractivity contribution >= 4 is 5.97 Å². The van der Waals surface area contributed by atoms with Crippen LogP contribution in [0, 0.1) is 0 Å². The summed E-state index contributed by atoms with van der Waals surface area (Å²) in [4.78, 5) is 13.2. The first-order valence-corrected chi connectivity index (χ1v) is 5.47. The van der Waals surface area contributed by atoms with Crippen LogP contribution in [-0.2, 0) is 9.53 Å². The number of methoxy groups -OCH3 is 1. The van der Waals surface area contributed by atoms with Gasteiger partial charge in [0.05, 0.1) is 13.5 Å². The quantitative estimate of drug-likeness (QED) is 0.714. The van der Waals surface area contributed by atoms with Crippen molar-refractivity contribution in [2.24, 2.45) is 0 Å². The Morgan fingerprint density at radius 2 is 2.00 bits per heavy atom. The van der Waals surface area contributed by atoms with Crippen molar-refractivity contribution in [3.05, 3.63) is 35.9 Å². The molecule has 0 radical (unpaired) electrons. The molecule has 0 N–H and O–H groups in total. The standard InChI is InChI=1S/C13H19NO2/c1-11(12-7-5-4-6-8-12)14(2)10-9-13(15)16-3/h4-8,11H,9-10H2,1-3H3. The van der Waals surface area contributed by atoms with Crippen LogP contribution < -0.4 is 0 Å². The van der Waals surface area contributed by atoms with Gasteiger partial charge in [-0.15, -0.1) is 0 Å². The molecule has 0 aliphatic rings. The second-order valence-electron chi connectivity index (χ2n) is 3.89. The Balaban J connectivity index is 2.48. The predicted molar refractivity (Wildman–Crippen MR) is 64.1 cm³/mol. The molecule has 0 amide bonds. The number of nitrogens with zero attached hydrogens (tertiary/aromatic N) is 1. The number of hydrogen-bond acceptors (Lipinski definition) is 3. The molecule has 0 fully saturated rings. The van der Waals surface area contributed by atoms with Crippen molar-refractivity contribution in [3.8, 4) is 0 Å². The number of hydrogen-bond donors (Lipinski definition) is 0. The first-order valence-electron chi connectivity index (χ1n) is 5.47. The molecule has 1 aromatic carbocycles. The van der Waals surface area contributed by atoms with Crippen LogP contribution in [0.15, 0.2) is 30.3 Å². The molecule has 0 aliphatic carbocycles. The lowest BCUT2D eigenvalue weighted by Crippen LogP contribution is -2.25.